The molecule has 100 valence electrons. The predicted molar refractivity (Wildman–Crippen MR) is 73.4 cm³/mol. The Bertz CT molecular complexity index is 361. The highest BCUT2D eigenvalue weighted by molar-refractivity contribution is 5.86. The number of ether oxygens (including phenoxy) is 1. The third-order valence-electron chi connectivity index (χ3n) is 1.87. The molecule has 0 aromatic heterocycles. The van der Waals surface area contributed by atoms with Gasteiger partial charge in [-0.3, -0.25) is 0 Å². The van der Waals surface area contributed by atoms with Crippen molar-refractivity contribution in [2.45, 2.75) is 20.0 Å². The topological polar surface area (TPSA) is 58.6 Å². The minimum atomic E-state index is -0.608. The molecule has 1 atom stereocenters. The Balaban J connectivity index is 0.000000327. The second-order valence-electron chi connectivity index (χ2n) is 3.84. The van der Waals surface area contributed by atoms with Gasteiger partial charge in [0.15, 0.2) is 0 Å². The van der Waals surface area contributed by atoms with Crippen LogP contribution in [0.1, 0.15) is 13.8 Å². The van der Waals surface area contributed by atoms with Crippen molar-refractivity contribution in [1.82, 2.24) is 0 Å². The first-order valence-electron chi connectivity index (χ1n) is 5.70. The molecule has 1 unspecified atom stereocenters. The van der Waals surface area contributed by atoms with E-state index in [0.29, 0.717) is 5.57 Å². The molecule has 1 aromatic carbocycles. The van der Waals surface area contributed by atoms with E-state index in [4.69, 9.17) is 5.11 Å². The molecule has 0 aliphatic rings. The number of carbonyl (C=O) groups excluding carboxylic acids is 1. The summed E-state index contributed by atoms with van der Waals surface area (Å²) < 4.78 is 4.58. The zero-order valence-corrected chi connectivity index (χ0v) is 11.1. The van der Waals surface area contributed by atoms with Crippen LogP contribution in [0.2, 0.25) is 0 Å². The van der Waals surface area contributed by atoms with Gasteiger partial charge in [-0.1, -0.05) is 24.8 Å². The summed E-state index contributed by atoms with van der Waals surface area (Å²) in [5, 5.41) is 11.7. The summed E-state index contributed by atoms with van der Waals surface area (Å²) in [6, 6.07) is 10.1. The third-order valence-corrected chi connectivity index (χ3v) is 1.87. The number of anilines is 1. The Morgan fingerprint density at radius 3 is 2.33 bits per heavy atom. The van der Waals surface area contributed by atoms with E-state index in [-0.39, 0.29) is 6.61 Å². The number of carbonyl (C=O) groups is 1. The zero-order valence-electron chi connectivity index (χ0n) is 11.1. The summed E-state index contributed by atoms with van der Waals surface area (Å²) in [6.07, 6.45) is -0.608. The number of aliphatic hydroxyl groups is 1. The van der Waals surface area contributed by atoms with E-state index in [2.05, 4.69) is 16.6 Å². The summed E-state index contributed by atoms with van der Waals surface area (Å²) in [5.74, 6) is -0.457. The molecular weight excluding hydrogens is 230 g/mol. The highest BCUT2D eigenvalue weighted by Crippen LogP contribution is 2.01. The smallest absolute Gasteiger partial charge is 0.333 e. The fourth-order valence-corrected chi connectivity index (χ4v) is 0.924. The van der Waals surface area contributed by atoms with Gasteiger partial charge in [-0.25, -0.2) is 4.79 Å². The zero-order chi connectivity index (χ0) is 14.0. The van der Waals surface area contributed by atoms with Crippen molar-refractivity contribution in [2.75, 3.05) is 19.0 Å². The van der Waals surface area contributed by atoms with Gasteiger partial charge in [0, 0.05) is 18.3 Å². The van der Waals surface area contributed by atoms with Crippen LogP contribution < -0.4 is 5.32 Å². The van der Waals surface area contributed by atoms with Gasteiger partial charge in [0.2, 0.25) is 0 Å². The molecule has 0 aliphatic heterocycles. The van der Waals surface area contributed by atoms with E-state index in [1.165, 1.54) is 0 Å². The molecule has 0 bridgehead atoms. The van der Waals surface area contributed by atoms with E-state index in [1.54, 1.807) is 13.8 Å². The normalized spacial score (nSPS) is 10.7. The summed E-state index contributed by atoms with van der Waals surface area (Å²) in [6.45, 7) is 6.52. The molecule has 4 heteroatoms. The molecule has 0 amide bonds. The first kappa shape index (κ1) is 16.2. The molecule has 1 rings (SSSR count). The molecule has 18 heavy (non-hydrogen) atoms. The van der Waals surface area contributed by atoms with E-state index in [0.717, 1.165) is 5.69 Å². The van der Waals surface area contributed by atoms with Crippen LogP contribution in [-0.2, 0) is 9.53 Å². The lowest BCUT2D eigenvalue weighted by Gasteiger charge is -2.04. The molecular formula is C14H21NO3. The van der Waals surface area contributed by atoms with Gasteiger partial charge in [-0.2, -0.15) is 0 Å². The van der Waals surface area contributed by atoms with Gasteiger partial charge >= 0.3 is 5.97 Å². The quantitative estimate of drug-likeness (QED) is 0.636. The third kappa shape index (κ3) is 8.35. The molecule has 0 fully saturated rings. The van der Waals surface area contributed by atoms with Crippen molar-refractivity contribution in [1.29, 1.82) is 0 Å². The lowest BCUT2D eigenvalue weighted by Crippen LogP contribution is -2.15. The number of benzene rings is 1. The van der Waals surface area contributed by atoms with Crippen molar-refractivity contribution in [3.8, 4) is 0 Å². The van der Waals surface area contributed by atoms with Crippen LogP contribution in [0.5, 0.6) is 0 Å². The molecule has 0 radical (unpaired) electrons. The average Bonchev–Trinajstić information content (AvgIpc) is 2.37. The van der Waals surface area contributed by atoms with Gasteiger partial charge < -0.3 is 15.2 Å². The fraction of sp³-hybridized carbons (Fsp3) is 0.357. The molecule has 0 saturated carbocycles. The average molecular weight is 251 g/mol. The highest BCUT2D eigenvalue weighted by Gasteiger charge is 2.03. The van der Waals surface area contributed by atoms with E-state index >= 15 is 0 Å². The lowest BCUT2D eigenvalue weighted by molar-refractivity contribution is -0.141. The van der Waals surface area contributed by atoms with Gasteiger partial charge in [0.1, 0.15) is 6.61 Å². The van der Waals surface area contributed by atoms with E-state index < -0.39 is 12.1 Å². The number of hydrogen-bond acceptors (Lipinski definition) is 4. The van der Waals surface area contributed by atoms with E-state index in [9.17, 15) is 4.79 Å². The molecule has 0 heterocycles. The van der Waals surface area contributed by atoms with Crippen LogP contribution >= 0.6 is 0 Å². The molecule has 4 nitrogen and oxygen atoms in total. The van der Waals surface area contributed by atoms with E-state index in [1.807, 2.05) is 37.4 Å². The first-order chi connectivity index (χ1) is 8.47. The maximum atomic E-state index is 10.6. The maximum Gasteiger partial charge on any atom is 0.333 e. The summed E-state index contributed by atoms with van der Waals surface area (Å²) in [7, 11) is 1.91. The largest absolute Gasteiger partial charge is 0.460 e. The van der Waals surface area contributed by atoms with Gasteiger partial charge in [-0.05, 0) is 26.0 Å². The Morgan fingerprint density at radius 1 is 1.44 bits per heavy atom. The predicted octanol–water partition coefficient (Wildman–Crippen LogP) is 2.21. The standard InChI is InChI=1S/C7H9N.C7H12O3/c1-8-7-5-3-2-4-6-7;1-5(2)7(9)10-4-6(3)8/h2-6,8H,1H3;6,8H,1,4H2,2-3H3. The summed E-state index contributed by atoms with van der Waals surface area (Å²) in [4.78, 5) is 10.6. The second-order valence-corrected chi connectivity index (χ2v) is 3.84. The Kier molecular flexibility index (Phi) is 8.31. The minimum Gasteiger partial charge on any atom is -0.460 e. The van der Waals surface area contributed by atoms with Crippen LogP contribution in [0, 0.1) is 0 Å². The van der Waals surface area contributed by atoms with Gasteiger partial charge in [0.05, 0.1) is 6.10 Å². The van der Waals surface area contributed by atoms with Crippen molar-refractivity contribution in [3.63, 3.8) is 0 Å². The summed E-state index contributed by atoms with van der Waals surface area (Å²) in [5.41, 5.74) is 1.51. The Labute approximate surface area is 108 Å². The first-order valence-corrected chi connectivity index (χ1v) is 5.70. The van der Waals surface area contributed by atoms with Crippen molar-refractivity contribution in [2.24, 2.45) is 0 Å². The Morgan fingerprint density at radius 2 is 2.00 bits per heavy atom. The SMILES string of the molecule is C=C(C)C(=O)OCC(C)O.CNc1ccccc1. The van der Waals surface area contributed by atoms with Crippen LogP contribution in [0.25, 0.3) is 0 Å². The molecule has 2 N–H and O–H groups in total. The number of nitrogens with one attached hydrogen (secondary N) is 1. The minimum absolute atomic E-state index is 0.0334. The van der Waals surface area contributed by atoms with Crippen molar-refractivity contribution >= 4 is 11.7 Å². The number of rotatable bonds is 4. The lowest BCUT2D eigenvalue weighted by atomic mass is 10.3. The van der Waals surface area contributed by atoms with Crippen molar-refractivity contribution < 1.29 is 14.6 Å². The van der Waals surface area contributed by atoms with Crippen LogP contribution in [0.15, 0.2) is 42.5 Å². The van der Waals surface area contributed by atoms with Crippen LogP contribution in [0.4, 0.5) is 5.69 Å². The van der Waals surface area contributed by atoms with Gasteiger partial charge in [-0.15, -0.1) is 0 Å². The number of esters is 1. The molecule has 1 aromatic rings. The van der Waals surface area contributed by atoms with Crippen LogP contribution in [-0.4, -0.2) is 30.8 Å². The fourth-order valence-electron chi connectivity index (χ4n) is 0.924. The van der Waals surface area contributed by atoms with Crippen molar-refractivity contribution in [3.05, 3.63) is 42.5 Å². The monoisotopic (exact) mass is 251 g/mol. The highest BCUT2D eigenvalue weighted by atomic mass is 16.5. The molecule has 0 spiro atoms. The number of hydrogen-bond donors (Lipinski definition) is 2. The Hall–Kier alpha value is -1.81. The summed E-state index contributed by atoms with van der Waals surface area (Å²) >= 11 is 0. The van der Waals surface area contributed by atoms with Gasteiger partial charge in [0.25, 0.3) is 0 Å². The number of aliphatic hydroxyl groups excluding tert-OH is 1. The second kappa shape index (κ2) is 9.24. The molecule has 0 aliphatic carbocycles. The number of para-hydroxylation sites is 1. The van der Waals surface area contributed by atoms with Crippen LogP contribution in [0.3, 0.4) is 0 Å². The molecule has 0 saturated heterocycles. The maximum absolute atomic E-state index is 10.6.